The highest BCUT2D eigenvalue weighted by Crippen LogP contribution is 2.12. The number of ether oxygens (including phenoxy) is 1. The van der Waals surface area contributed by atoms with Gasteiger partial charge in [0, 0.05) is 6.54 Å². The molecule has 0 radical (unpaired) electrons. The molecule has 0 fully saturated rings. The Morgan fingerprint density at radius 2 is 1.92 bits per heavy atom. The summed E-state index contributed by atoms with van der Waals surface area (Å²) in [5, 5.41) is 0. The van der Waals surface area contributed by atoms with Crippen molar-refractivity contribution in [2.45, 2.75) is 5.44 Å². The first-order valence-corrected chi connectivity index (χ1v) is 4.74. The monoisotopic (exact) mass is 197 g/mol. The van der Waals surface area contributed by atoms with Crippen LogP contribution in [-0.2, 0) is 0 Å². The molecule has 0 saturated heterocycles. The molecule has 0 aliphatic heterocycles. The first kappa shape index (κ1) is 10.4. The molecule has 0 amide bonds. The van der Waals surface area contributed by atoms with E-state index in [4.69, 9.17) is 4.74 Å². The molecule has 0 aromatic heterocycles. The average molecular weight is 197 g/mol. The molecule has 1 aromatic rings. The fraction of sp³-hybridized carbons (Fsp3) is 0.400. The molecule has 3 heteroatoms. The van der Waals surface area contributed by atoms with Crippen molar-refractivity contribution in [2.24, 2.45) is 0 Å². The summed E-state index contributed by atoms with van der Waals surface area (Å²) >= 11 is 4.32. The molecular weight excluding hydrogens is 182 g/mol. The van der Waals surface area contributed by atoms with E-state index in [1.54, 1.807) is 0 Å². The smallest absolute Gasteiger partial charge is 0.154 e. The van der Waals surface area contributed by atoms with Crippen molar-refractivity contribution in [3.05, 3.63) is 30.3 Å². The summed E-state index contributed by atoms with van der Waals surface area (Å²) in [6.07, 6.45) is 0. The zero-order valence-corrected chi connectivity index (χ0v) is 8.87. The third-order valence-electron chi connectivity index (χ3n) is 1.54. The SMILES string of the molecule is CN(C)CC(S)Oc1ccccc1. The van der Waals surface area contributed by atoms with Crippen molar-refractivity contribution in [3.63, 3.8) is 0 Å². The van der Waals surface area contributed by atoms with Crippen LogP contribution >= 0.6 is 12.6 Å². The second-order valence-electron chi connectivity index (χ2n) is 3.15. The van der Waals surface area contributed by atoms with Crippen molar-refractivity contribution in [2.75, 3.05) is 20.6 Å². The third-order valence-corrected chi connectivity index (χ3v) is 1.81. The molecule has 1 rings (SSSR count). The predicted molar refractivity (Wildman–Crippen MR) is 58.4 cm³/mol. The van der Waals surface area contributed by atoms with E-state index >= 15 is 0 Å². The van der Waals surface area contributed by atoms with E-state index in [-0.39, 0.29) is 5.44 Å². The Morgan fingerprint density at radius 3 is 2.46 bits per heavy atom. The van der Waals surface area contributed by atoms with Crippen LogP contribution in [0.3, 0.4) is 0 Å². The number of thiol groups is 1. The van der Waals surface area contributed by atoms with E-state index in [0.717, 1.165) is 12.3 Å². The van der Waals surface area contributed by atoms with E-state index in [2.05, 4.69) is 12.6 Å². The van der Waals surface area contributed by atoms with Gasteiger partial charge in [-0.3, -0.25) is 0 Å². The summed E-state index contributed by atoms with van der Waals surface area (Å²) < 4.78 is 5.55. The first-order valence-electron chi connectivity index (χ1n) is 4.23. The van der Waals surface area contributed by atoms with Gasteiger partial charge >= 0.3 is 0 Å². The van der Waals surface area contributed by atoms with Gasteiger partial charge < -0.3 is 9.64 Å². The Kier molecular flexibility index (Phi) is 4.12. The lowest BCUT2D eigenvalue weighted by Gasteiger charge is -2.17. The van der Waals surface area contributed by atoms with Gasteiger partial charge in [0.15, 0.2) is 5.44 Å². The van der Waals surface area contributed by atoms with Gasteiger partial charge in [0.25, 0.3) is 0 Å². The number of benzene rings is 1. The summed E-state index contributed by atoms with van der Waals surface area (Å²) in [6.45, 7) is 0.804. The maximum absolute atomic E-state index is 5.55. The minimum absolute atomic E-state index is 0.0719. The predicted octanol–water partition coefficient (Wildman–Crippen LogP) is 1.88. The lowest BCUT2D eigenvalue weighted by molar-refractivity contribution is 0.235. The van der Waals surface area contributed by atoms with Crippen LogP contribution in [0.1, 0.15) is 0 Å². The quantitative estimate of drug-likeness (QED) is 0.584. The molecule has 0 heterocycles. The summed E-state index contributed by atoms with van der Waals surface area (Å²) in [5.74, 6) is 0.865. The number of rotatable bonds is 4. The molecule has 1 unspecified atom stereocenters. The second-order valence-corrected chi connectivity index (χ2v) is 3.72. The van der Waals surface area contributed by atoms with Crippen molar-refractivity contribution in [3.8, 4) is 5.75 Å². The lowest BCUT2D eigenvalue weighted by atomic mass is 10.3. The molecule has 0 aliphatic carbocycles. The van der Waals surface area contributed by atoms with Crippen LogP contribution in [0.15, 0.2) is 30.3 Å². The van der Waals surface area contributed by atoms with Crippen LogP contribution < -0.4 is 4.74 Å². The number of hydrogen-bond acceptors (Lipinski definition) is 3. The molecular formula is C10H15NOS. The fourth-order valence-corrected chi connectivity index (χ4v) is 1.45. The largest absolute Gasteiger partial charge is 0.479 e. The number of nitrogens with zero attached hydrogens (tertiary/aromatic N) is 1. The summed E-state index contributed by atoms with van der Waals surface area (Å²) in [4.78, 5) is 2.04. The number of likely N-dealkylation sites (N-methyl/N-ethyl adjacent to an activating group) is 1. The first-order chi connectivity index (χ1) is 6.18. The van der Waals surface area contributed by atoms with Gasteiger partial charge in [-0.05, 0) is 26.2 Å². The maximum Gasteiger partial charge on any atom is 0.154 e. The molecule has 0 saturated carbocycles. The van der Waals surface area contributed by atoms with Crippen molar-refractivity contribution in [1.29, 1.82) is 0 Å². The molecule has 1 atom stereocenters. The molecule has 0 N–H and O–H groups in total. The number of para-hydroxylation sites is 1. The third kappa shape index (κ3) is 4.20. The van der Waals surface area contributed by atoms with Crippen LogP contribution in [0.2, 0.25) is 0 Å². The molecule has 13 heavy (non-hydrogen) atoms. The molecule has 0 aliphatic rings. The van der Waals surface area contributed by atoms with Crippen LogP contribution in [0, 0.1) is 0 Å². The Bertz CT molecular complexity index is 238. The van der Waals surface area contributed by atoms with Gasteiger partial charge in [0.2, 0.25) is 0 Å². The Hall–Kier alpha value is -0.670. The van der Waals surface area contributed by atoms with E-state index in [9.17, 15) is 0 Å². The van der Waals surface area contributed by atoms with E-state index in [1.807, 2.05) is 49.3 Å². The van der Waals surface area contributed by atoms with Gasteiger partial charge in [0.05, 0.1) is 0 Å². The molecule has 2 nitrogen and oxygen atoms in total. The normalized spacial score (nSPS) is 12.9. The highest BCUT2D eigenvalue weighted by molar-refractivity contribution is 7.80. The zero-order valence-electron chi connectivity index (χ0n) is 7.97. The average Bonchev–Trinajstić information content (AvgIpc) is 2.04. The van der Waals surface area contributed by atoms with Crippen molar-refractivity contribution < 1.29 is 4.74 Å². The van der Waals surface area contributed by atoms with Crippen LogP contribution in [-0.4, -0.2) is 31.0 Å². The highest BCUT2D eigenvalue weighted by Gasteiger charge is 2.04. The van der Waals surface area contributed by atoms with Crippen LogP contribution in [0.5, 0.6) is 5.75 Å². The second kappa shape index (κ2) is 5.14. The molecule has 1 aromatic carbocycles. The van der Waals surface area contributed by atoms with E-state index in [1.165, 1.54) is 0 Å². The standard InChI is InChI=1S/C10H15NOS/c1-11(2)8-10(13)12-9-6-4-3-5-7-9/h3-7,10,13H,8H2,1-2H3. The molecule has 0 bridgehead atoms. The van der Waals surface area contributed by atoms with Crippen LogP contribution in [0.25, 0.3) is 0 Å². The van der Waals surface area contributed by atoms with Gasteiger partial charge in [-0.25, -0.2) is 0 Å². The van der Waals surface area contributed by atoms with Crippen LogP contribution in [0.4, 0.5) is 0 Å². The minimum atomic E-state index is -0.0719. The Morgan fingerprint density at radius 1 is 1.31 bits per heavy atom. The summed E-state index contributed by atoms with van der Waals surface area (Å²) in [7, 11) is 4.00. The zero-order chi connectivity index (χ0) is 9.68. The van der Waals surface area contributed by atoms with E-state index in [0.29, 0.717) is 0 Å². The minimum Gasteiger partial charge on any atom is -0.479 e. The molecule has 72 valence electrons. The van der Waals surface area contributed by atoms with Crippen molar-refractivity contribution >= 4 is 12.6 Å². The fourth-order valence-electron chi connectivity index (χ4n) is 1.01. The van der Waals surface area contributed by atoms with Gasteiger partial charge in [-0.2, -0.15) is 0 Å². The summed E-state index contributed by atoms with van der Waals surface area (Å²) in [6, 6.07) is 9.72. The highest BCUT2D eigenvalue weighted by atomic mass is 32.1. The van der Waals surface area contributed by atoms with Gasteiger partial charge in [-0.1, -0.05) is 18.2 Å². The summed E-state index contributed by atoms with van der Waals surface area (Å²) in [5.41, 5.74) is -0.0719. The van der Waals surface area contributed by atoms with Gasteiger partial charge in [-0.15, -0.1) is 12.6 Å². The molecule has 0 spiro atoms. The van der Waals surface area contributed by atoms with E-state index < -0.39 is 0 Å². The number of hydrogen-bond donors (Lipinski definition) is 1. The lowest BCUT2D eigenvalue weighted by Crippen LogP contribution is -2.26. The van der Waals surface area contributed by atoms with Gasteiger partial charge in [0.1, 0.15) is 5.75 Å². The van der Waals surface area contributed by atoms with Crippen molar-refractivity contribution in [1.82, 2.24) is 4.90 Å². The topological polar surface area (TPSA) is 12.5 Å². The Labute approximate surface area is 84.9 Å². The Balaban J connectivity index is 2.41. The maximum atomic E-state index is 5.55.